The topological polar surface area (TPSA) is 99.7 Å². The van der Waals surface area contributed by atoms with Gasteiger partial charge in [-0.2, -0.15) is 0 Å². The number of sulfonamides is 1. The number of Topliss-reactive ketones (excluding diaryl/α,β-unsaturated/α-hetero) is 1. The molecule has 3 aromatic rings. The number of pyridine rings is 1. The Hall–Kier alpha value is -3.14. The molecule has 0 spiro atoms. The van der Waals surface area contributed by atoms with E-state index < -0.39 is 10.0 Å². The lowest BCUT2D eigenvalue weighted by atomic mass is 10.1. The first kappa shape index (κ1) is 24.0. The highest BCUT2D eigenvalue weighted by Gasteiger charge is 2.22. The van der Waals surface area contributed by atoms with Crippen LogP contribution in [0.25, 0.3) is 10.9 Å². The molecule has 1 amide bonds. The molecule has 0 saturated carbocycles. The molecule has 1 saturated heterocycles. The normalized spacial score (nSPS) is 14.9. The van der Waals surface area contributed by atoms with Gasteiger partial charge in [0.1, 0.15) is 0 Å². The van der Waals surface area contributed by atoms with Crippen molar-refractivity contribution in [2.75, 3.05) is 32.7 Å². The Labute approximate surface area is 199 Å². The van der Waals surface area contributed by atoms with Gasteiger partial charge in [-0.3, -0.25) is 19.5 Å². The molecule has 178 valence electrons. The third kappa shape index (κ3) is 5.67. The quantitative estimate of drug-likeness (QED) is 0.497. The van der Waals surface area contributed by atoms with E-state index in [4.69, 9.17) is 0 Å². The van der Waals surface area contributed by atoms with Gasteiger partial charge in [0.2, 0.25) is 15.9 Å². The number of fused-ring (bicyclic) bond motifs is 1. The monoisotopic (exact) mass is 480 g/mol. The van der Waals surface area contributed by atoms with Gasteiger partial charge in [-0.25, -0.2) is 13.1 Å². The summed E-state index contributed by atoms with van der Waals surface area (Å²) in [6.07, 6.45) is 1.90. The predicted octanol–water partition coefficient (Wildman–Crippen LogP) is 2.45. The van der Waals surface area contributed by atoms with Crippen molar-refractivity contribution in [3.05, 3.63) is 71.9 Å². The molecule has 4 rings (SSSR count). The van der Waals surface area contributed by atoms with Gasteiger partial charge in [-0.05, 0) is 30.7 Å². The molecular weight excluding hydrogens is 452 g/mol. The zero-order valence-electron chi connectivity index (χ0n) is 19.1. The highest BCUT2D eigenvalue weighted by atomic mass is 32.2. The maximum absolute atomic E-state index is 12.6. The van der Waals surface area contributed by atoms with Crippen molar-refractivity contribution in [1.82, 2.24) is 19.5 Å². The number of nitrogens with zero attached hydrogens (tertiary/aromatic N) is 3. The second-order valence-electron chi connectivity index (χ2n) is 8.38. The lowest BCUT2D eigenvalue weighted by Crippen LogP contribution is -2.48. The van der Waals surface area contributed by atoms with E-state index in [1.54, 1.807) is 11.1 Å². The van der Waals surface area contributed by atoms with Gasteiger partial charge in [0, 0.05) is 62.8 Å². The number of nitrogens with one attached hydrogen (secondary N) is 1. The van der Waals surface area contributed by atoms with E-state index in [1.807, 2.05) is 12.1 Å². The maximum Gasteiger partial charge on any atom is 0.240 e. The molecule has 1 aliphatic heterocycles. The molecule has 1 aliphatic rings. The van der Waals surface area contributed by atoms with Crippen molar-refractivity contribution in [3.8, 4) is 0 Å². The summed E-state index contributed by atoms with van der Waals surface area (Å²) in [5, 5.41) is 1.12. The van der Waals surface area contributed by atoms with Gasteiger partial charge in [0.05, 0.1) is 10.4 Å². The van der Waals surface area contributed by atoms with Crippen LogP contribution in [0.4, 0.5) is 0 Å². The Morgan fingerprint density at radius 1 is 0.971 bits per heavy atom. The molecular formula is C25H28N4O4S. The van der Waals surface area contributed by atoms with E-state index in [-0.39, 0.29) is 29.6 Å². The van der Waals surface area contributed by atoms with Crippen LogP contribution in [0.3, 0.4) is 0 Å². The molecule has 0 bridgehead atoms. The van der Waals surface area contributed by atoms with Crippen molar-refractivity contribution in [3.63, 3.8) is 0 Å². The van der Waals surface area contributed by atoms with Crippen LogP contribution in [0.2, 0.25) is 0 Å². The summed E-state index contributed by atoms with van der Waals surface area (Å²) in [7, 11) is -3.74. The number of amides is 1. The van der Waals surface area contributed by atoms with Crippen LogP contribution in [0.1, 0.15) is 29.3 Å². The summed E-state index contributed by atoms with van der Waals surface area (Å²) < 4.78 is 27.4. The summed E-state index contributed by atoms with van der Waals surface area (Å²) in [6, 6.07) is 15.9. The van der Waals surface area contributed by atoms with Crippen molar-refractivity contribution in [1.29, 1.82) is 0 Å². The van der Waals surface area contributed by atoms with Crippen LogP contribution < -0.4 is 4.72 Å². The van der Waals surface area contributed by atoms with Gasteiger partial charge < -0.3 is 4.90 Å². The average Bonchev–Trinajstić information content (AvgIpc) is 2.84. The number of carbonyl (C=O) groups is 2. The summed E-state index contributed by atoms with van der Waals surface area (Å²) in [6.45, 7) is 4.95. The van der Waals surface area contributed by atoms with Crippen molar-refractivity contribution in [2.24, 2.45) is 0 Å². The lowest BCUT2D eigenvalue weighted by Gasteiger charge is -2.35. The number of hydrogen-bond donors (Lipinski definition) is 1. The molecule has 0 atom stereocenters. The van der Waals surface area contributed by atoms with E-state index in [2.05, 4.69) is 32.8 Å². The number of carbonyl (C=O) groups excluding carboxylic acids is 2. The molecule has 34 heavy (non-hydrogen) atoms. The van der Waals surface area contributed by atoms with Gasteiger partial charge in [0.15, 0.2) is 5.78 Å². The lowest BCUT2D eigenvalue weighted by molar-refractivity contribution is -0.132. The largest absolute Gasteiger partial charge is 0.340 e. The second-order valence-corrected chi connectivity index (χ2v) is 10.1. The highest BCUT2D eigenvalue weighted by molar-refractivity contribution is 7.89. The molecule has 8 nitrogen and oxygen atoms in total. The van der Waals surface area contributed by atoms with E-state index in [1.165, 1.54) is 36.8 Å². The van der Waals surface area contributed by atoms with Crippen LogP contribution in [0, 0.1) is 0 Å². The van der Waals surface area contributed by atoms with E-state index in [0.717, 1.165) is 30.5 Å². The third-order valence-corrected chi connectivity index (χ3v) is 7.51. The van der Waals surface area contributed by atoms with E-state index in [0.29, 0.717) is 18.7 Å². The number of hydrogen-bond acceptors (Lipinski definition) is 6. The van der Waals surface area contributed by atoms with Crippen LogP contribution in [-0.2, 0) is 21.4 Å². The first-order valence-electron chi connectivity index (χ1n) is 11.3. The fraction of sp³-hybridized carbons (Fsp3) is 0.320. The zero-order chi connectivity index (χ0) is 24.1. The number of para-hydroxylation sites is 1. The summed E-state index contributed by atoms with van der Waals surface area (Å²) in [5.74, 6) is -0.197. The minimum Gasteiger partial charge on any atom is -0.340 e. The highest BCUT2D eigenvalue weighted by Crippen LogP contribution is 2.18. The Morgan fingerprint density at radius 3 is 2.38 bits per heavy atom. The fourth-order valence-electron chi connectivity index (χ4n) is 4.09. The average molecular weight is 481 g/mol. The standard InChI is InChI=1S/C25H28N4O4S/c1-19(30)20-7-9-23(10-8-20)34(32,33)27-13-11-24(31)29-16-14-28(15-17-29)18-22-5-2-4-21-6-3-12-26-25(21)22/h2-10,12,27H,11,13-18H2,1H3. The van der Waals surface area contributed by atoms with Crippen LogP contribution in [0.15, 0.2) is 65.7 Å². The fourth-order valence-corrected chi connectivity index (χ4v) is 5.13. The first-order chi connectivity index (χ1) is 16.3. The Morgan fingerprint density at radius 2 is 1.68 bits per heavy atom. The molecule has 2 aromatic carbocycles. The molecule has 1 aromatic heterocycles. The predicted molar refractivity (Wildman–Crippen MR) is 130 cm³/mol. The SMILES string of the molecule is CC(=O)c1ccc(S(=O)(=O)NCCC(=O)N2CCN(Cc3cccc4cccnc34)CC2)cc1. The maximum atomic E-state index is 12.6. The number of aromatic nitrogens is 1. The third-order valence-electron chi connectivity index (χ3n) is 6.04. The molecule has 0 aliphatic carbocycles. The summed E-state index contributed by atoms with van der Waals surface area (Å²) >= 11 is 0. The van der Waals surface area contributed by atoms with E-state index in [9.17, 15) is 18.0 Å². The molecule has 0 unspecified atom stereocenters. The molecule has 9 heteroatoms. The van der Waals surface area contributed by atoms with Crippen molar-refractivity contribution < 1.29 is 18.0 Å². The Kier molecular flexibility index (Phi) is 7.35. The number of ketones is 1. The second kappa shape index (κ2) is 10.4. The Bertz CT molecular complexity index is 1280. The number of piperazine rings is 1. The summed E-state index contributed by atoms with van der Waals surface area (Å²) in [5.41, 5.74) is 2.63. The molecule has 1 fully saturated rings. The smallest absolute Gasteiger partial charge is 0.240 e. The van der Waals surface area contributed by atoms with Gasteiger partial charge >= 0.3 is 0 Å². The molecule has 0 radical (unpaired) electrons. The van der Waals surface area contributed by atoms with Crippen LogP contribution in [-0.4, -0.2) is 67.6 Å². The van der Waals surface area contributed by atoms with Gasteiger partial charge in [-0.1, -0.05) is 36.4 Å². The first-order valence-corrected chi connectivity index (χ1v) is 12.8. The van der Waals surface area contributed by atoms with Crippen molar-refractivity contribution >= 4 is 32.6 Å². The minimum atomic E-state index is -3.74. The zero-order valence-corrected chi connectivity index (χ0v) is 19.9. The molecule has 2 heterocycles. The van der Waals surface area contributed by atoms with Crippen molar-refractivity contribution in [2.45, 2.75) is 24.8 Å². The van der Waals surface area contributed by atoms with Crippen LogP contribution in [0.5, 0.6) is 0 Å². The van der Waals surface area contributed by atoms with E-state index >= 15 is 0 Å². The Balaban J connectivity index is 1.25. The summed E-state index contributed by atoms with van der Waals surface area (Å²) in [4.78, 5) is 32.6. The van der Waals surface area contributed by atoms with Gasteiger partial charge in [0.25, 0.3) is 0 Å². The number of benzene rings is 2. The van der Waals surface area contributed by atoms with Crippen LogP contribution >= 0.6 is 0 Å². The molecule has 1 N–H and O–H groups in total. The minimum absolute atomic E-state index is 0.0253. The number of rotatable bonds is 8. The van der Waals surface area contributed by atoms with Gasteiger partial charge in [-0.15, -0.1) is 0 Å².